The Balaban J connectivity index is 1.91. The van der Waals surface area contributed by atoms with Gasteiger partial charge in [0.05, 0.1) is 18.2 Å². The summed E-state index contributed by atoms with van der Waals surface area (Å²) in [5.41, 5.74) is 6.00. The molecule has 0 radical (unpaired) electrons. The van der Waals surface area contributed by atoms with E-state index in [9.17, 15) is 4.79 Å². The van der Waals surface area contributed by atoms with Gasteiger partial charge >= 0.3 is 0 Å². The summed E-state index contributed by atoms with van der Waals surface area (Å²) >= 11 is 0. The second-order valence-electron chi connectivity index (χ2n) is 5.91. The molecule has 0 aromatic rings. The first-order valence-corrected chi connectivity index (χ1v) is 7.98. The molecule has 2 unspecified atom stereocenters. The van der Waals surface area contributed by atoms with Gasteiger partial charge < -0.3 is 20.1 Å². The van der Waals surface area contributed by atoms with Gasteiger partial charge in [0, 0.05) is 26.3 Å². The average Bonchev–Trinajstić information content (AvgIpc) is 3.10. The van der Waals surface area contributed by atoms with Crippen LogP contribution < -0.4 is 5.73 Å². The van der Waals surface area contributed by atoms with Gasteiger partial charge in [0.2, 0.25) is 5.91 Å². The molecule has 5 nitrogen and oxygen atoms in total. The van der Waals surface area contributed by atoms with Gasteiger partial charge in [0.1, 0.15) is 0 Å². The summed E-state index contributed by atoms with van der Waals surface area (Å²) in [6, 6.07) is -0.386. The van der Waals surface area contributed by atoms with Crippen molar-refractivity contribution in [3.05, 3.63) is 0 Å². The highest BCUT2D eigenvalue weighted by Gasteiger charge is 2.29. The molecule has 0 aromatic carbocycles. The molecule has 0 spiro atoms. The van der Waals surface area contributed by atoms with E-state index in [2.05, 4.69) is 6.92 Å². The van der Waals surface area contributed by atoms with Crippen molar-refractivity contribution < 1.29 is 14.3 Å². The third kappa shape index (κ3) is 4.43. The molecule has 116 valence electrons. The highest BCUT2D eigenvalue weighted by Crippen LogP contribution is 2.18. The van der Waals surface area contributed by atoms with Crippen LogP contribution in [0.15, 0.2) is 0 Å². The smallest absolute Gasteiger partial charge is 0.239 e. The maximum atomic E-state index is 12.5. The fourth-order valence-corrected chi connectivity index (χ4v) is 2.99. The third-order valence-electron chi connectivity index (χ3n) is 4.12. The van der Waals surface area contributed by atoms with E-state index in [1.807, 2.05) is 4.90 Å². The van der Waals surface area contributed by atoms with Crippen molar-refractivity contribution in [2.45, 2.75) is 63.7 Å². The lowest BCUT2D eigenvalue weighted by molar-refractivity contribution is -0.136. The zero-order valence-corrected chi connectivity index (χ0v) is 12.6. The minimum absolute atomic E-state index is 0.0536. The second-order valence-corrected chi connectivity index (χ2v) is 5.91. The van der Waals surface area contributed by atoms with E-state index in [4.69, 9.17) is 15.2 Å². The summed E-state index contributed by atoms with van der Waals surface area (Å²) in [5, 5.41) is 0. The standard InChI is InChI=1S/C15H28N2O3/c1-2-5-14(16)15(18)17(10-12-6-3-8-19-12)11-13-7-4-9-20-13/h12-14H,2-11,16H2,1H3/t12?,13?,14-/m1/s1. The van der Waals surface area contributed by atoms with Crippen molar-refractivity contribution in [1.29, 1.82) is 0 Å². The van der Waals surface area contributed by atoms with Crippen molar-refractivity contribution in [1.82, 2.24) is 4.90 Å². The van der Waals surface area contributed by atoms with Gasteiger partial charge in [-0.25, -0.2) is 0 Å². The highest BCUT2D eigenvalue weighted by molar-refractivity contribution is 5.81. The average molecular weight is 284 g/mol. The normalized spacial score (nSPS) is 27.7. The summed E-state index contributed by atoms with van der Waals surface area (Å²) in [5.74, 6) is 0.0536. The Kier molecular flexibility index (Phi) is 6.26. The predicted molar refractivity (Wildman–Crippen MR) is 77.4 cm³/mol. The molecule has 2 heterocycles. The van der Waals surface area contributed by atoms with E-state index in [1.165, 1.54) is 0 Å². The van der Waals surface area contributed by atoms with Gasteiger partial charge in [-0.15, -0.1) is 0 Å². The molecular formula is C15H28N2O3. The quantitative estimate of drug-likeness (QED) is 0.765. The Hall–Kier alpha value is -0.650. The first-order valence-electron chi connectivity index (χ1n) is 7.98. The molecule has 2 saturated heterocycles. The molecule has 20 heavy (non-hydrogen) atoms. The topological polar surface area (TPSA) is 64.8 Å². The number of carbonyl (C=O) groups excluding carboxylic acids is 1. The SMILES string of the molecule is CCC[C@@H](N)C(=O)N(CC1CCCO1)CC1CCCO1. The van der Waals surface area contributed by atoms with E-state index in [0.29, 0.717) is 13.1 Å². The molecular weight excluding hydrogens is 256 g/mol. The second kappa shape index (κ2) is 7.96. The van der Waals surface area contributed by atoms with Crippen LogP contribution in [-0.2, 0) is 14.3 Å². The van der Waals surface area contributed by atoms with Gasteiger partial charge in [0.15, 0.2) is 0 Å². The summed E-state index contributed by atoms with van der Waals surface area (Å²) in [6.07, 6.45) is 6.29. The number of amides is 1. The van der Waals surface area contributed by atoms with E-state index < -0.39 is 0 Å². The lowest BCUT2D eigenvalue weighted by atomic mass is 10.1. The number of hydrogen-bond acceptors (Lipinski definition) is 4. The van der Waals surface area contributed by atoms with Gasteiger partial charge in [-0.1, -0.05) is 13.3 Å². The van der Waals surface area contributed by atoms with Crippen LogP contribution in [0, 0.1) is 0 Å². The summed E-state index contributed by atoms with van der Waals surface area (Å²) in [7, 11) is 0. The zero-order chi connectivity index (χ0) is 14.4. The third-order valence-corrected chi connectivity index (χ3v) is 4.12. The fourth-order valence-electron chi connectivity index (χ4n) is 2.99. The molecule has 0 bridgehead atoms. The van der Waals surface area contributed by atoms with Crippen molar-refractivity contribution in [3.8, 4) is 0 Å². The van der Waals surface area contributed by atoms with Gasteiger partial charge in [-0.2, -0.15) is 0 Å². The van der Waals surface area contributed by atoms with E-state index in [-0.39, 0.29) is 24.2 Å². The maximum absolute atomic E-state index is 12.5. The Labute approximate surface area is 121 Å². The summed E-state index contributed by atoms with van der Waals surface area (Å²) in [6.45, 7) is 5.01. The predicted octanol–water partition coefficient (Wildman–Crippen LogP) is 1.30. The monoisotopic (exact) mass is 284 g/mol. The van der Waals surface area contributed by atoms with Crippen LogP contribution in [0.3, 0.4) is 0 Å². The number of hydrogen-bond donors (Lipinski definition) is 1. The molecule has 0 aromatic heterocycles. The molecule has 2 fully saturated rings. The van der Waals surface area contributed by atoms with Crippen LogP contribution in [0.4, 0.5) is 0 Å². The number of nitrogens with two attached hydrogens (primary N) is 1. The van der Waals surface area contributed by atoms with Crippen LogP contribution in [-0.4, -0.2) is 55.4 Å². The van der Waals surface area contributed by atoms with Crippen molar-refractivity contribution in [3.63, 3.8) is 0 Å². The van der Waals surface area contributed by atoms with Gasteiger partial charge in [-0.05, 0) is 32.1 Å². The maximum Gasteiger partial charge on any atom is 0.239 e. The van der Waals surface area contributed by atoms with Crippen LogP contribution in [0.5, 0.6) is 0 Å². The van der Waals surface area contributed by atoms with Crippen molar-refractivity contribution in [2.75, 3.05) is 26.3 Å². The van der Waals surface area contributed by atoms with Gasteiger partial charge in [0.25, 0.3) is 0 Å². The molecule has 1 amide bonds. The zero-order valence-electron chi connectivity index (χ0n) is 12.6. The molecule has 2 N–H and O–H groups in total. The molecule has 3 atom stereocenters. The summed E-state index contributed by atoms with van der Waals surface area (Å²) in [4.78, 5) is 14.4. The molecule has 2 rings (SSSR count). The number of nitrogens with zero attached hydrogens (tertiary/aromatic N) is 1. The van der Waals surface area contributed by atoms with Crippen LogP contribution in [0.1, 0.15) is 45.4 Å². The lowest BCUT2D eigenvalue weighted by Gasteiger charge is -2.30. The molecule has 2 aliphatic rings. The molecule has 0 aliphatic carbocycles. The van der Waals surface area contributed by atoms with Gasteiger partial charge in [-0.3, -0.25) is 4.79 Å². The first kappa shape index (κ1) is 15.7. The van der Waals surface area contributed by atoms with E-state index >= 15 is 0 Å². The summed E-state index contributed by atoms with van der Waals surface area (Å²) < 4.78 is 11.3. The van der Waals surface area contributed by atoms with E-state index in [0.717, 1.165) is 51.7 Å². The Morgan fingerprint density at radius 3 is 2.15 bits per heavy atom. The number of rotatable bonds is 7. The van der Waals surface area contributed by atoms with Crippen molar-refractivity contribution in [2.24, 2.45) is 5.73 Å². The lowest BCUT2D eigenvalue weighted by Crippen LogP contribution is -2.49. The fraction of sp³-hybridized carbons (Fsp3) is 0.933. The molecule has 5 heteroatoms. The van der Waals surface area contributed by atoms with Crippen LogP contribution in [0.2, 0.25) is 0 Å². The molecule has 0 saturated carbocycles. The Bertz CT molecular complexity index is 281. The Morgan fingerprint density at radius 1 is 1.20 bits per heavy atom. The number of carbonyl (C=O) groups is 1. The van der Waals surface area contributed by atoms with E-state index in [1.54, 1.807) is 0 Å². The molecule has 2 aliphatic heterocycles. The first-order chi connectivity index (χ1) is 9.70. The minimum Gasteiger partial charge on any atom is -0.376 e. The number of ether oxygens (including phenoxy) is 2. The minimum atomic E-state index is -0.386. The highest BCUT2D eigenvalue weighted by atomic mass is 16.5. The van der Waals surface area contributed by atoms with Crippen molar-refractivity contribution >= 4 is 5.91 Å². The van der Waals surface area contributed by atoms with Crippen LogP contribution in [0.25, 0.3) is 0 Å². The Morgan fingerprint density at radius 2 is 1.75 bits per heavy atom. The van der Waals surface area contributed by atoms with Crippen LogP contribution >= 0.6 is 0 Å². The largest absolute Gasteiger partial charge is 0.376 e.